The monoisotopic (exact) mass is 350 g/mol. The maximum Gasteiger partial charge on any atom is 0.0509 e. The zero-order chi connectivity index (χ0) is 15.3. The fraction of sp³-hybridized carbons (Fsp3) is 0.684. The number of hydrogen-bond donors (Lipinski definition) is 0. The fourth-order valence-corrected chi connectivity index (χ4v) is 4.54. The molecule has 1 aliphatic heterocycles. The standard InChI is InChI=1S/C19H27BrO/c1-18(2)8-9-19(3,4)16-11-13(5-6-15(16)18)17(20)14-7-10-21-12-14/h5-6,11,14,17H,7-10,12H2,1-4H3. The Morgan fingerprint density at radius 1 is 1.10 bits per heavy atom. The summed E-state index contributed by atoms with van der Waals surface area (Å²) in [5.74, 6) is 0.614. The van der Waals surface area contributed by atoms with Crippen molar-refractivity contribution >= 4 is 15.9 Å². The molecule has 0 bridgehead atoms. The first-order valence-corrected chi connectivity index (χ1v) is 9.09. The third kappa shape index (κ3) is 2.82. The van der Waals surface area contributed by atoms with Crippen LogP contribution in [0.4, 0.5) is 0 Å². The van der Waals surface area contributed by atoms with Gasteiger partial charge in [-0.15, -0.1) is 0 Å². The molecule has 2 aliphatic rings. The van der Waals surface area contributed by atoms with Crippen LogP contribution in [0, 0.1) is 5.92 Å². The average molecular weight is 351 g/mol. The molecule has 0 amide bonds. The number of ether oxygens (including phenoxy) is 1. The van der Waals surface area contributed by atoms with Crippen LogP contribution in [0.5, 0.6) is 0 Å². The second kappa shape index (κ2) is 5.38. The molecule has 2 heteroatoms. The molecule has 3 rings (SSSR count). The molecule has 1 saturated heterocycles. The third-order valence-electron chi connectivity index (χ3n) is 5.57. The normalized spacial score (nSPS) is 28.1. The van der Waals surface area contributed by atoms with Crippen LogP contribution in [0.15, 0.2) is 18.2 Å². The van der Waals surface area contributed by atoms with Gasteiger partial charge in [-0.1, -0.05) is 61.8 Å². The second-order valence-electron chi connectivity index (χ2n) is 8.10. The van der Waals surface area contributed by atoms with Gasteiger partial charge in [-0.25, -0.2) is 0 Å². The molecule has 0 spiro atoms. The Kier molecular flexibility index (Phi) is 3.99. The van der Waals surface area contributed by atoms with Crippen molar-refractivity contribution in [3.8, 4) is 0 Å². The molecule has 2 unspecified atom stereocenters. The summed E-state index contributed by atoms with van der Waals surface area (Å²) in [5, 5.41) is 0. The predicted octanol–water partition coefficient (Wildman–Crippen LogP) is 5.51. The summed E-state index contributed by atoms with van der Waals surface area (Å²) in [5.41, 5.74) is 5.13. The number of fused-ring (bicyclic) bond motifs is 1. The van der Waals surface area contributed by atoms with E-state index in [0.29, 0.717) is 21.6 Å². The Morgan fingerprint density at radius 3 is 2.38 bits per heavy atom. The lowest BCUT2D eigenvalue weighted by Crippen LogP contribution is -2.34. The molecule has 1 aliphatic carbocycles. The van der Waals surface area contributed by atoms with Gasteiger partial charge < -0.3 is 4.74 Å². The molecule has 0 radical (unpaired) electrons. The van der Waals surface area contributed by atoms with E-state index in [4.69, 9.17) is 4.74 Å². The zero-order valence-electron chi connectivity index (χ0n) is 13.7. The van der Waals surface area contributed by atoms with Gasteiger partial charge in [0.15, 0.2) is 0 Å². The Balaban J connectivity index is 1.99. The molecule has 1 fully saturated rings. The highest BCUT2D eigenvalue weighted by Gasteiger charge is 2.37. The van der Waals surface area contributed by atoms with Crippen molar-refractivity contribution in [2.24, 2.45) is 5.92 Å². The van der Waals surface area contributed by atoms with Gasteiger partial charge in [0.05, 0.1) is 6.61 Å². The maximum absolute atomic E-state index is 5.56. The van der Waals surface area contributed by atoms with Crippen LogP contribution in [0.1, 0.15) is 68.5 Å². The Morgan fingerprint density at radius 2 is 1.76 bits per heavy atom. The SMILES string of the molecule is CC1(C)CCC(C)(C)c2cc(C(Br)C3CCOC3)ccc21. The molecular formula is C19H27BrO. The van der Waals surface area contributed by atoms with Gasteiger partial charge in [-0.3, -0.25) is 0 Å². The zero-order valence-corrected chi connectivity index (χ0v) is 15.3. The van der Waals surface area contributed by atoms with E-state index in [1.807, 2.05) is 0 Å². The van der Waals surface area contributed by atoms with Crippen LogP contribution in [-0.4, -0.2) is 13.2 Å². The van der Waals surface area contributed by atoms with Crippen LogP contribution in [-0.2, 0) is 15.6 Å². The molecule has 1 heterocycles. The van der Waals surface area contributed by atoms with E-state index in [0.717, 1.165) is 13.2 Å². The molecule has 2 atom stereocenters. The number of rotatable bonds is 2. The molecule has 1 aromatic rings. The highest BCUT2D eigenvalue weighted by molar-refractivity contribution is 9.09. The summed E-state index contributed by atoms with van der Waals surface area (Å²) in [6, 6.07) is 7.18. The molecule has 1 nitrogen and oxygen atoms in total. The maximum atomic E-state index is 5.56. The molecule has 0 saturated carbocycles. The Labute approximate surface area is 137 Å². The van der Waals surface area contributed by atoms with Crippen LogP contribution in [0.3, 0.4) is 0 Å². The highest BCUT2D eigenvalue weighted by atomic mass is 79.9. The first kappa shape index (κ1) is 15.6. The van der Waals surface area contributed by atoms with E-state index in [9.17, 15) is 0 Å². The van der Waals surface area contributed by atoms with Gasteiger partial charge in [0.25, 0.3) is 0 Å². The van der Waals surface area contributed by atoms with Crippen molar-refractivity contribution in [1.82, 2.24) is 0 Å². The van der Waals surface area contributed by atoms with Crippen molar-refractivity contribution in [1.29, 1.82) is 0 Å². The van der Waals surface area contributed by atoms with Crippen molar-refractivity contribution < 1.29 is 4.74 Å². The number of benzene rings is 1. The van der Waals surface area contributed by atoms with Crippen molar-refractivity contribution in [2.45, 2.75) is 62.6 Å². The van der Waals surface area contributed by atoms with Crippen LogP contribution < -0.4 is 0 Å². The topological polar surface area (TPSA) is 9.23 Å². The van der Waals surface area contributed by atoms with E-state index in [1.165, 1.54) is 24.8 Å². The summed E-state index contributed by atoms with van der Waals surface area (Å²) in [4.78, 5) is 0.422. The lowest BCUT2D eigenvalue weighted by molar-refractivity contribution is 0.185. The van der Waals surface area contributed by atoms with Gasteiger partial charge >= 0.3 is 0 Å². The van der Waals surface area contributed by atoms with Crippen LogP contribution in [0.25, 0.3) is 0 Å². The molecule has 1 aromatic carbocycles. The number of hydrogen-bond acceptors (Lipinski definition) is 1. The second-order valence-corrected chi connectivity index (χ2v) is 9.08. The highest BCUT2D eigenvalue weighted by Crippen LogP contribution is 2.47. The van der Waals surface area contributed by atoms with E-state index in [-0.39, 0.29) is 0 Å². The molecule has 0 aromatic heterocycles. The van der Waals surface area contributed by atoms with Crippen LogP contribution in [0.2, 0.25) is 0 Å². The Hall–Kier alpha value is -0.340. The molecule has 21 heavy (non-hydrogen) atoms. The van der Waals surface area contributed by atoms with Crippen LogP contribution >= 0.6 is 15.9 Å². The predicted molar refractivity (Wildman–Crippen MR) is 92.3 cm³/mol. The minimum Gasteiger partial charge on any atom is -0.381 e. The Bertz CT molecular complexity index is 526. The summed E-state index contributed by atoms with van der Waals surface area (Å²) in [7, 11) is 0. The number of alkyl halides is 1. The van der Waals surface area contributed by atoms with Crippen molar-refractivity contribution in [3.63, 3.8) is 0 Å². The summed E-state index contributed by atoms with van der Waals surface area (Å²) in [6.07, 6.45) is 3.72. The van der Waals surface area contributed by atoms with E-state index in [1.54, 1.807) is 11.1 Å². The minimum atomic E-state index is 0.291. The van der Waals surface area contributed by atoms with Gasteiger partial charge in [0.1, 0.15) is 0 Å². The van der Waals surface area contributed by atoms with E-state index in [2.05, 4.69) is 61.8 Å². The minimum absolute atomic E-state index is 0.291. The van der Waals surface area contributed by atoms with Gasteiger partial charge in [-0.05, 0) is 46.8 Å². The van der Waals surface area contributed by atoms with Gasteiger partial charge in [-0.2, -0.15) is 0 Å². The average Bonchev–Trinajstić information content (AvgIpc) is 2.97. The smallest absolute Gasteiger partial charge is 0.0509 e. The molecule has 0 N–H and O–H groups in total. The van der Waals surface area contributed by atoms with Crippen molar-refractivity contribution in [3.05, 3.63) is 34.9 Å². The van der Waals surface area contributed by atoms with Gasteiger partial charge in [0.2, 0.25) is 0 Å². The summed E-state index contributed by atoms with van der Waals surface area (Å²) < 4.78 is 5.56. The first-order chi connectivity index (χ1) is 9.81. The largest absolute Gasteiger partial charge is 0.381 e. The summed E-state index contributed by atoms with van der Waals surface area (Å²) >= 11 is 3.93. The van der Waals surface area contributed by atoms with E-state index >= 15 is 0 Å². The lowest BCUT2D eigenvalue weighted by atomic mass is 9.63. The van der Waals surface area contributed by atoms with E-state index < -0.39 is 0 Å². The van der Waals surface area contributed by atoms with Crippen molar-refractivity contribution in [2.75, 3.05) is 13.2 Å². The first-order valence-electron chi connectivity index (χ1n) is 8.18. The molecule has 116 valence electrons. The summed E-state index contributed by atoms with van der Waals surface area (Å²) in [6.45, 7) is 11.4. The quantitative estimate of drug-likeness (QED) is 0.639. The van der Waals surface area contributed by atoms with Gasteiger partial charge in [0, 0.05) is 17.4 Å². The fourth-order valence-electron chi connectivity index (χ4n) is 3.83. The molecular weight excluding hydrogens is 324 g/mol. The third-order valence-corrected chi connectivity index (χ3v) is 6.85. The lowest BCUT2D eigenvalue weighted by Gasteiger charge is -2.42. The number of halogens is 1.